The third-order valence-electron chi connectivity index (χ3n) is 3.25. The second-order valence-corrected chi connectivity index (χ2v) is 5.91. The highest BCUT2D eigenvalue weighted by atomic mass is 79.9. The van der Waals surface area contributed by atoms with Crippen molar-refractivity contribution in [2.24, 2.45) is 0 Å². The first-order valence-electron chi connectivity index (χ1n) is 6.99. The minimum absolute atomic E-state index is 0.505. The molecule has 2 heteroatoms. The summed E-state index contributed by atoms with van der Waals surface area (Å²) in [5, 5.41) is 0. The Morgan fingerprint density at radius 3 is 2.44 bits per heavy atom. The summed E-state index contributed by atoms with van der Waals surface area (Å²) in [6.07, 6.45) is 7.56. The molecule has 1 atom stereocenters. The number of ether oxygens (including phenoxy) is 1. The highest BCUT2D eigenvalue weighted by molar-refractivity contribution is 9.09. The molecule has 18 heavy (non-hydrogen) atoms. The molecule has 1 aromatic rings. The van der Waals surface area contributed by atoms with E-state index in [0.29, 0.717) is 4.83 Å². The van der Waals surface area contributed by atoms with Crippen molar-refractivity contribution in [3.63, 3.8) is 0 Å². The lowest BCUT2D eigenvalue weighted by atomic mass is 10.0. The average molecular weight is 313 g/mol. The van der Waals surface area contributed by atoms with E-state index in [2.05, 4.69) is 47.1 Å². The summed E-state index contributed by atoms with van der Waals surface area (Å²) in [5.74, 6) is 0. The highest BCUT2D eigenvalue weighted by Gasteiger charge is 2.06. The fourth-order valence-electron chi connectivity index (χ4n) is 2.03. The Balaban J connectivity index is 2.36. The van der Waals surface area contributed by atoms with Crippen molar-refractivity contribution < 1.29 is 4.74 Å². The summed E-state index contributed by atoms with van der Waals surface area (Å²) in [6, 6.07) is 8.91. The van der Waals surface area contributed by atoms with Crippen LogP contribution in [0.25, 0.3) is 0 Å². The highest BCUT2D eigenvalue weighted by Crippen LogP contribution is 2.28. The van der Waals surface area contributed by atoms with Crippen LogP contribution in [0.1, 0.15) is 55.0 Å². The van der Waals surface area contributed by atoms with Crippen LogP contribution in [-0.4, -0.2) is 13.7 Å². The molecule has 0 N–H and O–H groups in total. The van der Waals surface area contributed by atoms with Crippen LogP contribution in [0.15, 0.2) is 24.3 Å². The SMILES string of the molecule is CCCCCCC(Br)c1ccc(CCOC)cc1. The lowest BCUT2D eigenvalue weighted by Crippen LogP contribution is -1.95. The van der Waals surface area contributed by atoms with Crippen LogP contribution < -0.4 is 0 Å². The number of halogens is 1. The molecular formula is C16H25BrO. The molecule has 0 amide bonds. The molecule has 0 bridgehead atoms. The van der Waals surface area contributed by atoms with Crippen LogP contribution >= 0.6 is 15.9 Å². The second kappa shape index (κ2) is 9.57. The number of alkyl halides is 1. The maximum atomic E-state index is 5.09. The topological polar surface area (TPSA) is 9.23 Å². The molecule has 1 nitrogen and oxygen atoms in total. The van der Waals surface area contributed by atoms with Crippen LogP contribution in [0.3, 0.4) is 0 Å². The molecule has 0 aliphatic rings. The van der Waals surface area contributed by atoms with E-state index in [1.807, 2.05) is 0 Å². The quantitative estimate of drug-likeness (QED) is 0.445. The minimum atomic E-state index is 0.505. The Morgan fingerprint density at radius 1 is 1.11 bits per heavy atom. The third-order valence-corrected chi connectivity index (χ3v) is 4.23. The summed E-state index contributed by atoms with van der Waals surface area (Å²) < 4.78 is 5.09. The molecule has 1 rings (SSSR count). The molecule has 0 aromatic heterocycles. The fourth-order valence-corrected chi connectivity index (χ4v) is 2.66. The smallest absolute Gasteiger partial charge is 0.0502 e. The molecule has 0 saturated heterocycles. The second-order valence-electron chi connectivity index (χ2n) is 4.80. The van der Waals surface area contributed by atoms with E-state index < -0.39 is 0 Å². The monoisotopic (exact) mass is 312 g/mol. The van der Waals surface area contributed by atoms with Gasteiger partial charge in [-0.15, -0.1) is 0 Å². The molecule has 0 radical (unpaired) electrons. The molecule has 0 aliphatic carbocycles. The van der Waals surface area contributed by atoms with Gasteiger partial charge in [-0.2, -0.15) is 0 Å². The van der Waals surface area contributed by atoms with Gasteiger partial charge in [0, 0.05) is 11.9 Å². The van der Waals surface area contributed by atoms with Gasteiger partial charge in [0.25, 0.3) is 0 Å². The van der Waals surface area contributed by atoms with E-state index in [1.165, 1.54) is 43.2 Å². The third kappa shape index (κ3) is 6.01. The van der Waals surface area contributed by atoms with Gasteiger partial charge in [-0.1, -0.05) is 72.8 Å². The predicted molar refractivity (Wildman–Crippen MR) is 82.4 cm³/mol. The molecule has 0 fully saturated rings. The summed E-state index contributed by atoms with van der Waals surface area (Å²) >= 11 is 3.79. The average Bonchev–Trinajstić information content (AvgIpc) is 2.41. The number of unbranched alkanes of at least 4 members (excludes halogenated alkanes) is 3. The first kappa shape index (κ1) is 15.7. The lowest BCUT2D eigenvalue weighted by Gasteiger charge is -2.11. The van der Waals surface area contributed by atoms with E-state index in [4.69, 9.17) is 4.74 Å². The van der Waals surface area contributed by atoms with Gasteiger partial charge in [-0.3, -0.25) is 0 Å². The van der Waals surface area contributed by atoms with E-state index in [1.54, 1.807) is 7.11 Å². The van der Waals surface area contributed by atoms with E-state index in [0.717, 1.165) is 13.0 Å². The van der Waals surface area contributed by atoms with Crippen molar-refractivity contribution in [3.8, 4) is 0 Å². The van der Waals surface area contributed by atoms with E-state index in [-0.39, 0.29) is 0 Å². The van der Waals surface area contributed by atoms with Crippen LogP contribution in [-0.2, 0) is 11.2 Å². The van der Waals surface area contributed by atoms with Gasteiger partial charge in [0.1, 0.15) is 0 Å². The molecule has 0 saturated carbocycles. The van der Waals surface area contributed by atoms with Gasteiger partial charge < -0.3 is 4.74 Å². The number of hydrogen-bond donors (Lipinski definition) is 0. The van der Waals surface area contributed by atoms with E-state index >= 15 is 0 Å². The van der Waals surface area contributed by atoms with Crippen LogP contribution in [0.2, 0.25) is 0 Å². The van der Waals surface area contributed by atoms with Crippen molar-refractivity contribution in [2.45, 2.75) is 50.3 Å². The molecule has 0 spiro atoms. The number of rotatable bonds is 9. The van der Waals surface area contributed by atoms with E-state index in [9.17, 15) is 0 Å². The van der Waals surface area contributed by atoms with Crippen LogP contribution in [0, 0.1) is 0 Å². The zero-order valence-electron chi connectivity index (χ0n) is 11.6. The lowest BCUT2D eigenvalue weighted by molar-refractivity contribution is 0.202. The van der Waals surface area contributed by atoms with Gasteiger partial charge in [0.05, 0.1) is 6.61 Å². The Labute approximate surface area is 120 Å². The Kier molecular flexibility index (Phi) is 8.36. The molecular weight excluding hydrogens is 288 g/mol. The zero-order valence-corrected chi connectivity index (χ0v) is 13.2. The number of hydrogen-bond acceptors (Lipinski definition) is 1. The normalized spacial score (nSPS) is 12.6. The van der Waals surface area contributed by atoms with Gasteiger partial charge in [0.2, 0.25) is 0 Å². The van der Waals surface area contributed by atoms with Crippen LogP contribution in [0.4, 0.5) is 0 Å². The van der Waals surface area contributed by atoms with Crippen molar-refractivity contribution >= 4 is 15.9 Å². The van der Waals surface area contributed by atoms with Crippen molar-refractivity contribution in [3.05, 3.63) is 35.4 Å². The van der Waals surface area contributed by atoms with Gasteiger partial charge in [-0.05, 0) is 24.0 Å². The molecule has 1 aromatic carbocycles. The Morgan fingerprint density at radius 2 is 1.83 bits per heavy atom. The van der Waals surface area contributed by atoms with Gasteiger partial charge >= 0.3 is 0 Å². The Hall–Kier alpha value is -0.340. The summed E-state index contributed by atoms with van der Waals surface area (Å²) in [7, 11) is 1.75. The predicted octanol–water partition coefficient (Wildman–Crippen LogP) is 5.28. The van der Waals surface area contributed by atoms with Crippen molar-refractivity contribution in [2.75, 3.05) is 13.7 Å². The Bertz CT molecular complexity index is 307. The molecule has 102 valence electrons. The van der Waals surface area contributed by atoms with Gasteiger partial charge in [0.15, 0.2) is 0 Å². The first-order valence-corrected chi connectivity index (χ1v) is 7.91. The molecule has 0 heterocycles. The summed E-state index contributed by atoms with van der Waals surface area (Å²) in [4.78, 5) is 0.505. The standard InChI is InChI=1S/C16H25BrO/c1-3-4-5-6-7-16(17)15-10-8-14(9-11-15)12-13-18-2/h8-11,16H,3-7,12-13H2,1-2H3. The summed E-state index contributed by atoms with van der Waals surface area (Å²) in [5.41, 5.74) is 2.75. The zero-order chi connectivity index (χ0) is 13.2. The molecule has 1 unspecified atom stereocenters. The minimum Gasteiger partial charge on any atom is -0.384 e. The maximum absolute atomic E-state index is 5.09. The number of methoxy groups -OCH3 is 1. The maximum Gasteiger partial charge on any atom is 0.0502 e. The van der Waals surface area contributed by atoms with Crippen molar-refractivity contribution in [1.82, 2.24) is 0 Å². The fraction of sp³-hybridized carbons (Fsp3) is 0.625. The summed E-state index contributed by atoms with van der Waals surface area (Å²) in [6.45, 7) is 3.05. The first-order chi connectivity index (χ1) is 8.77. The number of benzene rings is 1. The largest absolute Gasteiger partial charge is 0.384 e. The van der Waals surface area contributed by atoms with Crippen molar-refractivity contribution in [1.29, 1.82) is 0 Å². The van der Waals surface area contributed by atoms with Gasteiger partial charge in [-0.25, -0.2) is 0 Å². The van der Waals surface area contributed by atoms with Crippen LogP contribution in [0.5, 0.6) is 0 Å². The molecule has 0 aliphatic heterocycles.